The average molecular weight is 1640 g/mol. The summed E-state index contributed by atoms with van der Waals surface area (Å²) in [6, 6.07) is 47.0. The molecule has 3 aromatic carbocycles. The largest absolute Gasteiger partial charge is 0.384 e. The Hall–Kier alpha value is -10.7. The van der Waals surface area contributed by atoms with Gasteiger partial charge in [0, 0.05) is 109 Å². The van der Waals surface area contributed by atoms with Crippen LogP contribution in [0.1, 0.15) is 66.0 Å². The van der Waals surface area contributed by atoms with Gasteiger partial charge in [0.15, 0.2) is 22.6 Å². The molecule has 30 heteroatoms. The van der Waals surface area contributed by atoms with Gasteiger partial charge < -0.3 is 44.2 Å². The van der Waals surface area contributed by atoms with Crippen LogP contribution in [0, 0.1) is 5.82 Å². The molecule has 12 aromatic heterocycles. The fraction of sp³-hybridized carbons (Fsp3) is 0.139. The molecule has 0 spiro atoms. The summed E-state index contributed by atoms with van der Waals surface area (Å²) in [5.41, 5.74) is 35.2. The molecular weight excluding hydrogens is 1580 g/mol. The van der Waals surface area contributed by atoms with Crippen molar-refractivity contribution in [3.8, 4) is 33.8 Å². The van der Waals surface area contributed by atoms with E-state index in [2.05, 4.69) is 136 Å². The third kappa shape index (κ3) is 16.8. The van der Waals surface area contributed by atoms with E-state index >= 15 is 0 Å². The molecule has 0 saturated heterocycles. The number of halogens is 6. The molecule has 12 N–H and O–H groups in total. The lowest BCUT2D eigenvalue weighted by molar-refractivity contribution is 0.437. The number of fused-ring (bicyclic) bond motifs is 4. The number of benzene rings is 3. The Morgan fingerprint density at radius 1 is 0.392 bits per heavy atom. The quantitative estimate of drug-likeness (QED) is 0.0445. The Kier molecular flexibility index (Phi) is 22.1. The number of pyridine rings is 4. The third-order valence-corrected chi connectivity index (χ3v) is 19.0. The lowest BCUT2D eigenvalue weighted by atomic mass is 9.87. The van der Waals surface area contributed by atoms with E-state index in [0.717, 1.165) is 97.1 Å². The van der Waals surface area contributed by atoms with E-state index in [-0.39, 0.29) is 5.82 Å². The zero-order valence-electron chi connectivity index (χ0n) is 54.2. The SMILES string of the molecule is Nc1ccc(CNc2cc(-c3ccccc3)nc3c(Br)cnn23)cn1.Nc1ccc(CNc2cc(-c3ccccc3Cl)nc3c(Br)cnn23)cn1.Nc1ccc(CNc2cc(-c3ccccc3F)nc3c(Br)cnn23)cn1.Nc1ccc(CNc2cc(C3CCCCC3)nc3c(Br)cnn23)cn1. The van der Waals surface area contributed by atoms with Crippen molar-refractivity contribution in [1.82, 2.24) is 78.3 Å². The highest BCUT2D eigenvalue weighted by molar-refractivity contribution is 9.11. The molecule has 1 aliphatic carbocycles. The van der Waals surface area contributed by atoms with Crippen LogP contribution in [0.5, 0.6) is 0 Å². The Balaban J connectivity index is 0.000000121. The summed E-state index contributed by atoms with van der Waals surface area (Å²) in [5.74, 6) is 5.52. The number of nitrogen functional groups attached to an aromatic ring is 4. The van der Waals surface area contributed by atoms with Crippen LogP contribution in [-0.4, -0.2) is 78.3 Å². The molecule has 1 fully saturated rings. The first-order valence-electron chi connectivity index (χ1n) is 32.1. The van der Waals surface area contributed by atoms with E-state index in [1.165, 1.54) is 38.2 Å². The molecule has 514 valence electrons. The van der Waals surface area contributed by atoms with E-state index < -0.39 is 0 Å². The number of nitrogens with two attached hydrogens (primary N) is 4. The van der Waals surface area contributed by atoms with Gasteiger partial charge in [0.25, 0.3) is 0 Å². The van der Waals surface area contributed by atoms with Crippen molar-refractivity contribution in [2.45, 2.75) is 64.2 Å². The lowest BCUT2D eigenvalue weighted by Gasteiger charge is -2.22. The van der Waals surface area contributed by atoms with Crippen molar-refractivity contribution >= 4 is 144 Å². The van der Waals surface area contributed by atoms with Crippen LogP contribution < -0.4 is 44.2 Å². The molecule has 0 atom stereocenters. The highest BCUT2D eigenvalue weighted by atomic mass is 79.9. The third-order valence-electron chi connectivity index (χ3n) is 16.4. The maximum absolute atomic E-state index is 14.2. The Labute approximate surface area is 622 Å². The molecule has 0 radical (unpaired) electrons. The van der Waals surface area contributed by atoms with Crippen LogP contribution in [0.25, 0.3) is 56.4 Å². The number of hydrogen-bond donors (Lipinski definition) is 8. The summed E-state index contributed by atoms with van der Waals surface area (Å²) in [7, 11) is 0. The number of nitrogens with zero attached hydrogens (tertiary/aromatic N) is 16. The highest BCUT2D eigenvalue weighted by Crippen LogP contribution is 2.36. The average Bonchev–Trinajstić information content (AvgIpc) is 1.53. The van der Waals surface area contributed by atoms with Gasteiger partial charge in [0.1, 0.15) is 52.4 Å². The van der Waals surface area contributed by atoms with Gasteiger partial charge in [-0.2, -0.15) is 38.5 Å². The first-order valence-corrected chi connectivity index (χ1v) is 35.7. The number of rotatable bonds is 16. The van der Waals surface area contributed by atoms with Crippen LogP contribution in [0.3, 0.4) is 0 Å². The summed E-state index contributed by atoms with van der Waals surface area (Å²) < 4.78 is 24.6. The van der Waals surface area contributed by atoms with E-state index in [9.17, 15) is 4.39 Å². The van der Waals surface area contributed by atoms with Crippen LogP contribution >= 0.6 is 75.3 Å². The summed E-state index contributed by atoms with van der Waals surface area (Å²) in [6.45, 7) is 2.36. The lowest BCUT2D eigenvalue weighted by Crippen LogP contribution is -2.11. The topological polar surface area (TPSA) is 325 Å². The second-order valence-corrected chi connectivity index (χ2v) is 27.3. The highest BCUT2D eigenvalue weighted by Gasteiger charge is 2.22. The van der Waals surface area contributed by atoms with Crippen molar-refractivity contribution in [1.29, 1.82) is 0 Å². The number of hydrogen-bond acceptors (Lipinski definition) is 20. The van der Waals surface area contributed by atoms with Gasteiger partial charge >= 0.3 is 0 Å². The van der Waals surface area contributed by atoms with E-state index in [4.69, 9.17) is 49.5 Å². The molecular formula is C72H64Br4ClFN24. The minimum Gasteiger partial charge on any atom is -0.384 e. The minimum absolute atomic E-state index is 0.325. The van der Waals surface area contributed by atoms with Crippen LogP contribution in [-0.2, 0) is 26.2 Å². The second kappa shape index (κ2) is 32.3. The van der Waals surface area contributed by atoms with Gasteiger partial charge in [0.2, 0.25) is 0 Å². The maximum atomic E-state index is 14.2. The van der Waals surface area contributed by atoms with Gasteiger partial charge in [-0.15, -0.1) is 0 Å². The Morgan fingerprint density at radius 2 is 0.745 bits per heavy atom. The Bertz CT molecular complexity index is 5190. The number of nitrogens with one attached hydrogen (secondary N) is 4. The summed E-state index contributed by atoms with van der Waals surface area (Å²) in [5, 5.41) is 31.7. The van der Waals surface area contributed by atoms with Gasteiger partial charge in [0.05, 0.1) is 59.8 Å². The van der Waals surface area contributed by atoms with Crippen molar-refractivity contribution in [3.05, 3.63) is 258 Å². The smallest absolute Gasteiger partial charge is 0.172 e. The van der Waals surface area contributed by atoms with E-state index in [0.29, 0.717) is 88.8 Å². The van der Waals surface area contributed by atoms with Gasteiger partial charge in [-0.05, 0) is 141 Å². The summed E-state index contributed by atoms with van der Waals surface area (Å²) in [4.78, 5) is 35.3. The molecule has 1 aliphatic rings. The molecule has 0 unspecified atom stereocenters. The minimum atomic E-state index is -0.325. The fourth-order valence-corrected chi connectivity index (χ4v) is 12.8. The molecule has 0 bridgehead atoms. The van der Waals surface area contributed by atoms with Crippen molar-refractivity contribution in [3.63, 3.8) is 0 Å². The van der Waals surface area contributed by atoms with Gasteiger partial charge in [-0.25, -0.2) is 44.3 Å². The first-order chi connectivity index (χ1) is 49.6. The van der Waals surface area contributed by atoms with Crippen LogP contribution in [0.15, 0.2) is 219 Å². The molecule has 0 aliphatic heterocycles. The van der Waals surface area contributed by atoms with Crippen molar-refractivity contribution in [2.24, 2.45) is 0 Å². The van der Waals surface area contributed by atoms with Crippen molar-refractivity contribution in [2.75, 3.05) is 44.2 Å². The van der Waals surface area contributed by atoms with Crippen molar-refractivity contribution < 1.29 is 4.39 Å². The zero-order chi connectivity index (χ0) is 70.6. The summed E-state index contributed by atoms with van der Waals surface area (Å²) in [6.07, 6.45) is 20.3. The second-order valence-electron chi connectivity index (χ2n) is 23.5. The summed E-state index contributed by atoms with van der Waals surface area (Å²) >= 11 is 20.4. The monoisotopic (exact) mass is 1630 g/mol. The molecule has 0 amide bonds. The zero-order valence-corrected chi connectivity index (χ0v) is 61.3. The normalized spacial score (nSPS) is 12.1. The Morgan fingerprint density at radius 3 is 1.15 bits per heavy atom. The molecule has 15 aromatic rings. The maximum Gasteiger partial charge on any atom is 0.172 e. The molecule has 12 heterocycles. The van der Waals surface area contributed by atoms with E-state index in [1.54, 1.807) is 106 Å². The molecule has 16 rings (SSSR count). The number of anilines is 8. The molecule has 24 nitrogen and oxygen atoms in total. The van der Waals surface area contributed by atoms with E-state index in [1.807, 2.05) is 102 Å². The van der Waals surface area contributed by atoms with Gasteiger partial charge in [-0.3, -0.25) is 0 Å². The predicted octanol–water partition coefficient (Wildman–Crippen LogP) is 16.2. The van der Waals surface area contributed by atoms with Gasteiger partial charge in [-0.1, -0.05) is 116 Å². The number of aromatic nitrogens is 16. The standard InChI is InChI=1S/C18H14BrClN6.C18H14BrFN6.C18H21BrN6.C18H15BrN6/c2*19-13-10-24-26-17(23-9-11-5-6-16(21)22-8-11)7-15(25-18(13)26)12-3-1-2-4-14(12)20;2*19-14-11-23-25-17(22-10-12-6-7-16(20)21-9-12)8-15(24-18(14)25)13-4-2-1-3-5-13/h2*1-8,10,23H,9H2,(H2,21,22);6-9,11,13,22H,1-5,10H2,(H2,20,21);1-9,11,22H,10H2,(H2,20,21). The van der Waals surface area contributed by atoms with Crippen LogP contribution in [0.4, 0.5) is 50.9 Å². The van der Waals surface area contributed by atoms with Crippen LogP contribution in [0.2, 0.25) is 5.02 Å². The molecule has 1 saturated carbocycles. The molecule has 102 heavy (non-hydrogen) atoms. The first kappa shape index (κ1) is 69.7. The fourth-order valence-electron chi connectivity index (χ4n) is 11.2. The predicted molar refractivity (Wildman–Crippen MR) is 414 cm³/mol.